The minimum atomic E-state index is -0.640. The van der Waals surface area contributed by atoms with E-state index in [0.717, 1.165) is 22.3 Å². The number of nitrogens with one attached hydrogen (secondary N) is 1. The number of fused-ring (bicyclic) bond motifs is 3. The van der Waals surface area contributed by atoms with Gasteiger partial charge in [0.2, 0.25) is 11.8 Å². The van der Waals surface area contributed by atoms with Gasteiger partial charge < -0.3 is 20.5 Å². The molecule has 2 aromatic heterocycles. The highest BCUT2D eigenvalue weighted by Gasteiger charge is 2.52. The molecule has 0 radical (unpaired) electrons. The number of pyridine rings is 1. The maximum Gasteiger partial charge on any atom is 0.238 e. The van der Waals surface area contributed by atoms with Gasteiger partial charge in [-0.3, -0.25) is 14.6 Å². The number of likely N-dealkylation sites (tertiary alicyclic amines) is 1. The summed E-state index contributed by atoms with van der Waals surface area (Å²) in [6.07, 6.45) is 4.60. The summed E-state index contributed by atoms with van der Waals surface area (Å²) in [6.45, 7) is 1.34. The van der Waals surface area contributed by atoms with Gasteiger partial charge in [0.25, 0.3) is 0 Å². The number of amides is 2. The number of aromatic amines is 1. The Morgan fingerprint density at radius 3 is 2.83 bits per heavy atom. The topological polar surface area (TPSA) is 108 Å². The van der Waals surface area contributed by atoms with Crippen LogP contribution in [0.15, 0.2) is 36.7 Å². The number of anilines is 1. The van der Waals surface area contributed by atoms with Gasteiger partial charge in [-0.15, -0.1) is 0 Å². The molecular weight excluding hydrogens is 404 g/mol. The quantitative estimate of drug-likeness (QED) is 0.668. The summed E-state index contributed by atoms with van der Waals surface area (Å²) >= 11 is 6.07. The normalized spacial score (nSPS) is 17.7. The van der Waals surface area contributed by atoms with Crippen molar-refractivity contribution in [3.8, 4) is 0 Å². The highest BCUT2D eigenvalue weighted by Crippen LogP contribution is 2.48. The van der Waals surface area contributed by atoms with Crippen LogP contribution in [0, 0.1) is 0 Å². The number of rotatable bonds is 3. The number of hydrogen-bond donors (Lipinski definition) is 2. The molecule has 30 heavy (non-hydrogen) atoms. The molecule has 0 bridgehead atoms. The molecule has 0 unspecified atom stereocenters. The van der Waals surface area contributed by atoms with E-state index in [1.54, 1.807) is 28.3 Å². The van der Waals surface area contributed by atoms with Crippen LogP contribution in [0.5, 0.6) is 0 Å². The number of nitrogens with two attached hydrogens (primary N) is 1. The van der Waals surface area contributed by atoms with Crippen LogP contribution in [0.3, 0.4) is 0 Å². The molecule has 9 heteroatoms. The first-order valence-corrected chi connectivity index (χ1v) is 10.3. The Morgan fingerprint density at radius 2 is 2.07 bits per heavy atom. The minimum absolute atomic E-state index is 0.0103. The number of hydrogen-bond acceptors (Lipinski definition) is 5. The van der Waals surface area contributed by atoms with Gasteiger partial charge in [-0.05, 0) is 42.7 Å². The molecule has 3 aromatic rings. The van der Waals surface area contributed by atoms with E-state index in [2.05, 4.69) is 15.0 Å². The van der Waals surface area contributed by atoms with E-state index in [9.17, 15) is 9.59 Å². The van der Waals surface area contributed by atoms with Crippen molar-refractivity contribution in [1.82, 2.24) is 19.9 Å². The zero-order valence-corrected chi connectivity index (χ0v) is 17.0. The zero-order valence-electron chi connectivity index (χ0n) is 16.3. The molecule has 0 atom stereocenters. The number of H-pyrrole nitrogens is 1. The standard InChI is InChI=1S/C21H21ClN6O2/c22-13-1-2-15-16(9-13)26-18(25-15)12-28-17-11-24-6-3-14(17)21(20(28)30)4-7-27(8-5-21)19(29)10-23/h1-3,6,9,11H,4-5,7-8,10,12,23H2,(H,25,26). The Balaban J connectivity index is 1.47. The van der Waals surface area contributed by atoms with Gasteiger partial charge in [0, 0.05) is 24.3 Å². The molecule has 0 saturated carbocycles. The molecule has 0 aliphatic carbocycles. The van der Waals surface area contributed by atoms with Gasteiger partial charge in [0.05, 0.1) is 41.4 Å². The predicted molar refractivity (Wildman–Crippen MR) is 113 cm³/mol. The first-order valence-electron chi connectivity index (χ1n) is 9.90. The monoisotopic (exact) mass is 424 g/mol. The van der Waals surface area contributed by atoms with Crippen LogP contribution >= 0.6 is 11.6 Å². The lowest BCUT2D eigenvalue weighted by atomic mass is 9.74. The first-order chi connectivity index (χ1) is 14.5. The van der Waals surface area contributed by atoms with Gasteiger partial charge >= 0.3 is 0 Å². The Bertz CT molecular complexity index is 1150. The van der Waals surface area contributed by atoms with E-state index in [1.807, 2.05) is 18.2 Å². The SMILES string of the molecule is NCC(=O)N1CCC2(CC1)C(=O)N(Cc1nc3ccc(Cl)cc3[nH]1)c1cnccc12. The fourth-order valence-corrected chi connectivity index (χ4v) is 4.83. The number of carbonyl (C=O) groups excluding carboxylic acids is 2. The van der Waals surface area contributed by atoms with Crippen molar-refractivity contribution in [3.05, 3.63) is 53.1 Å². The minimum Gasteiger partial charge on any atom is -0.342 e. The third-order valence-corrected chi connectivity index (χ3v) is 6.44. The van der Waals surface area contributed by atoms with Gasteiger partial charge in [-0.25, -0.2) is 4.98 Å². The zero-order chi connectivity index (χ0) is 20.9. The number of aromatic nitrogens is 3. The molecule has 154 valence electrons. The van der Waals surface area contributed by atoms with Gasteiger partial charge in [-0.1, -0.05) is 11.6 Å². The van der Waals surface area contributed by atoms with E-state index in [0.29, 0.717) is 43.3 Å². The summed E-state index contributed by atoms with van der Waals surface area (Å²) in [7, 11) is 0. The highest BCUT2D eigenvalue weighted by molar-refractivity contribution is 6.31. The lowest BCUT2D eigenvalue weighted by molar-refractivity contribution is -0.134. The van der Waals surface area contributed by atoms with Crippen LogP contribution in [-0.2, 0) is 21.5 Å². The molecular formula is C21H21ClN6O2. The van der Waals surface area contributed by atoms with Crippen molar-refractivity contribution in [2.24, 2.45) is 5.73 Å². The van der Waals surface area contributed by atoms with E-state index in [4.69, 9.17) is 17.3 Å². The van der Waals surface area contributed by atoms with Crippen molar-refractivity contribution < 1.29 is 9.59 Å². The molecule has 5 rings (SSSR count). The third-order valence-electron chi connectivity index (χ3n) is 6.21. The number of halogens is 1. The highest BCUT2D eigenvalue weighted by atomic mass is 35.5. The van der Waals surface area contributed by atoms with Crippen LogP contribution in [-0.4, -0.2) is 51.3 Å². The Kier molecular flexibility index (Phi) is 4.48. The Hall–Kier alpha value is -2.97. The average molecular weight is 425 g/mol. The molecule has 3 N–H and O–H groups in total. The fourth-order valence-electron chi connectivity index (χ4n) is 4.66. The average Bonchev–Trinajstić information content (AvgIpc) is 3.26. The lowest BCUT2D eigenvalue weighted by Gasteiger charge is -2.38. The summed E-state index contributed by atoms with van der Waals surface area (Å²) < 4.78 is 0. The molecule has 1 fully saturated rings. The molecule has 8 nitrogen and oxygen atoms in total. The van der Waals surface area contributed by atoms with Gasteiger partial charge in [-0.2, -0.15) is 0 Å². The van der Waals surface area contributed by atoms with Crippen LogP contribution in [0.25, 0.3) is 11.0 Å². The maximum absolute atomic E-state index is 13.7. The second kappa shape index (κ2) is 7.07. The van der Waals surface area contributed by atoms with Crippen molar-refractivity contribution in [2.45, 2.75) is 24.8 Å². The number of benzene rings is 1. The summed E-state index contributed by atoms with van der Waals surface area (Å²) in [5.41, 5.74) is 8.28. The molecule has 2 aliphatic heterocycles. The van der Waals surface area contributed by atoms with E-state index in [-0.39, 0.29) is 18.4 Å². The maximum atomic E-state index is 13.7. The predicted octanol–water partition coefficient (Wildman–Crippen LogP) is 1.98. The van der Waals surface area contributed by atoms with Crippen LogP contribution < -0.4 is 10.6 Å². The number of nitrogens with zero attached hydrogens (tertiary/aromatic N) is 4. The van der Waals surface area contributed by atoms with E-state index >= 15 is 0 Å². The fraction of sp³-hybridized carbons (Fsp3) is 0.333. The molecule has 1 aromatic carbocycles. The van der Waals surface area contributed by atoms with E-state index < -0.39 is 5.41 Å². The number of piperidine rings is 1. The first kappa shape index (κ1) is 19.0. The van der Waals surface area contributed by atoms with Crippen LogP contribution in [0.1, 0.15) is 24.2 Å². The summed E-state index contributed by atoms with van der Waals surface area (Å²) in [5, 5.41) is 0.627. The molecule has 2 amide bonds. The van der Waals surface area contributed by atoms with Crippen molar-refractivity contribution >= 4 is 40.1 Å². The van der Waals surface area contributed by atoms with Gasteiger partial charge in [0.1, 0.15) is 5.82 Å². The molecule has 1 saturated heterocycles. The van der Waals surface area contributed by atoms with Crippen molar-refractivity contribution in [3.63, 3.8) is 0 Å². The molecule has 4 heterocycles. The second-order valence-corrected chi connectivity index (χ2v) is 8.23. The summed E-state index contributed by atoms with van der Waals surface area (Å²) in [4.78, 5) is 41.3. The van der Waals surface area contributed by atoms with Crippen molar-refractivity contribution in [1.29, 1.82) is 0 Å². The Morgan fingerprint density at radius 1 is 1.27 bits per heavy atom. The number of imidazole rings is 1. The Labute approximate surface area is 178 Å². The third kappa shape index (κ3) is 2.86. The summed E-state index contributed by atoms with van der Waals surface area (Å²) in [6, 6.07) is 7.39. The van der Waals surface area contributed by atoms with E-state index in [1.165, 1.54) is 0 Å². The van der Waals surface area contributed by atoms with Crippen LogP contribution in [0.2, 0.25) is 5.02 Å². The van der Waals surface area contributed by atoms with Crippen molar-refractivity contribution in [2.75, 3.05) is 24.5 Å². The smallest absolute Gasteiger partial charge is 0.238 e. The molecule has 2 aliphatic rings. The van der Waals surface area contributed by atoms with Crippen LogP contribution in [0.4, 0.5) is 5.69 Å². The summed E-state index contributed by atoms with van der Waals surface area (Å²) in [5.74, 6) is 0.634. The second-order valence-electron chi connectivity index (χ2n) is 7.80. The molecule has 1 spiro atoms. The largest absolute Gasteiger partial charge is 0.342 e. The van der Waals surface area contributed by atoms with Gasteiger partial charge in [0.15, 0.2) is 0 Å². The number of carbonyl (C=O) groups is 2. The lowest BCUT2D eigenvalue weighted by Crippen LogP contribution is -2.51.